The van der Waals surface area contributed by atoms with Gasteiger partial charge in [0.05, 0.1) is 17.4 Å². The van der Waals surface area contributed by atoms with Crippen LogP contribution in [-0.4, -0.2) is 37.9 Å². The normalized spacial score (nSPS) is 12.1. The Kier molecular flexibility index (Phi) is 11.8. The molecular formula is C34H46O8. The smallest absolute Gasteiger partial charge is 0.314 e. The molecule has 0 saturated heterocycles. The fourth-order valence-electron chi connectivity index (χ4n) is 3.54. The van der Waals surface area contributed by atoms with E-state index in [2.05, 4.69) is 20.8 Å². The lowest BCUT2D eigenvalue weighted by Gasteiger charge is -2.27. The summed E-state index contributed by atoms with van der Waals surface area (Å²) in [5, 5.41) is 0. The number of allylic oxidation sites excluding steroid dienone is 1. The number of hydrogen-bond donors (Lipinski definition) is 0. The van der Waals surface area contributed by atoms with Gasteiger partial charge in [-0.05, 0) is 103 Å². The summed E-state index contributed by atoms with van der Waals surface area (Å²) in [6, 6.07) is 10.3. The fraction of sp³-hybridized carbons (Fsp3) is 0.500. The maximum atomic E-state index is 13.0. The van der Waals surface area contributed by atoms with E-state index in [9.17, 15) is 14.4 Å². The standard InChI is InChI=1S/C34H46O8/c1-11-34(9,10)26-19-24(28(38-12-2)20-29(26)40-22-42-31(37)33(6,7)8)15-18-27(35)23-13-16-25(17-14-23)39-21-41-30(36)32(3,4)5/h13-20H,11-12,21-22H2,1-10H3/b18-15+. The summed E-state index contributed by atoms with van der Waals surface area (Å²) in [4.78, 5) is 37.1. The van der Waals surface area contributed by atoms with Crippen LogP contribution in [0.1, 0.15) is 97.1 Å². The Hall–Kier alpha value is -3.81. The fourth-order valence-corrected chi connectivity index (χ4v) is 3.54. The Morgan fingerprint density at radius 1 is 0.714 bits per heavy atom. The summed E-state index contributed by atoms with van der Waals surface area (Å²) in [6.45, 7) is 18.8. The highest BCUT2D eigenvalue weighted by Crippen LogP contribution is 2.39. The Bertz CT molecular complexity index is 1260. The van der Waals surface area contributed by atoms with E-state index < -0.39 is 10.8 Å². The van der Waals surface area contributed by atoms with Crippen molar-refractivity contribution in [3.8, 4) is 17.2 Å². The second-order valence-electron chi connectivity index (χ2n) is 12.7. The third-order valence-corrected chi connectivity index (χ3v) is 6.62. The average molecular weight is 583 g/mol. The molecule has 8 heteroatoms. The number of ether oxygens (including phenoxy) is 5. The van der Waals surface area contributed by atoms with Gasteiger partial charge in [-0.3, -0.25) is 14.4 Å². The second kappa shape index (κ2) is 14.4. The van der Waals surface area contributed by atoms with Crippen LogP contribution in [0.2, 0.25) is 0 Å². The van der Waals surface area contributed by atoms with Gasteiger partial charge in [0.15, 0.2) is 5.78 Å². The van der Waals surface area contributed by atoms with E-state index in [-0.39, 0.29) is 36.7 Å². The van der Waals surface area contributed by atoms with E-state index in [0.717, 1.165) is 17.5 Å². The number of carbonyl (C=O) groups excluding carboxylic acids is 3. The quantitative estimate of drug-likeness (QED) is 0.104. The number of carbonyl (C=O) groups is 3. The molecule has 42 heavy (non-hydrogen) atoms. The average Bonchev–Trinajstić information content (AvgIpc) is 2.91. The Balaban J connectivity index is 2.24. The molecule has 2 aromatic rings. The summed E-state index contributed by atoms with van der Waals surface area (Å²) in [7, 11) is 0. The first-order valence-corrected chi connectivity index (χ1v) is 14.2. The van der Waals surface area contributed by atoms with Gasteiger partial charge >= 0.3 is 11.9 Å². The van der Waals surface area contributed by atoms with E-state index in [1.165, 1.54) is 6.08 Å². The van der Waals surface area contributed by atoms with E-state index in [1.807, 2.05) is 13.0 Å². The number of benzene rings is 2. The van der Waals surface area contributed by atoms with Crippen molar-refractivity contribution >= 4 is 23.8 Å². The van der Waals surface area contributed by atoms with Crippen LogP contribution in [0.25, 0.3) is 6.08 Å². The molecule has 0 heterocycles. The van der Waals surface area contributed by atoms with Crippen LogP contribution in [-0.2, 0) is 24.5 Å². The van der Waals surface area contributed by atoms with Gasteiger partial charge in [-0.1, -0.05) is 20.8 Å². The van der Waals surface area contributed by atoms with Crippen molar-refractivity contribution in [1.82, 2.24) is 0 Å². The molecule has 0 aliphatic carbocycles. The van der Waals surface area contributed by atoms with E-state index in [4.69, 9.17) is 23.7 Å². The summed E-state index contributed by atoms with van der Waals surface area (Å²) >= 11 is 0. The van der Waals surface area contributed by atoms with E-state index in [1.54, 1.807) is 78.0 Å². The molecule has 0 spiro atoms. The molecule has 0 amide bonds. The largest absolute Gasteiger partial charge is 0.493 e. The molecule has 0 unspecified atom stereocenters. The number of rotatable bonds is 13. The molecule has 0 aliphatic rings. The third kappa shape index (κ3) is 9.93. The summed E-state index contributed by atoms with van der Waals surface area (Å²) in [5.41, 5.74) is 0.578. The molecule has 0 atom stereocenters. The maximum absolute atomic E-state index is 13.0. The monoisotopic (exact) mass is 582 g/mol. The van der Waals surface area contributed by atoms with Crippen molar-refractivity contribution in [2.24, 2.45) is 10.8 Å². The van der Waals surface area contributed by atoms with Crippen molar-refractivity contribution in [3.63, 3.8) is 0 Å². The molecule has 0 bridgehead atoms. The Morgan fingerprint density at radius 3 is 1.76 bits per heavy atom. The SMILES string of the molecule is CCOc1cc(OCOC(=O)C(C)(C)C)c(C(C)(C)CC)cc1/C=C/C(=O)c1ccc(OCOC(=O)C(C)(C)C)cc1. The van der Waals surface area contributed by atoms with Crippen LogP contribution in [0, 0.1) is 10.8 Å². The number of hydrogen-bond acceptors (Lipinski definition) is 8. The minimum Gasteiger partial charge on any atom is -0.493 e. The van der Waals surface area contributed by atoms with E-state index in [0.29, 0.717) is 29.4 Å². The summed E-state index contributed by atoms with van der Waals surface area (Å²) < 4.78 is 27.8. The van der Waals surface area contributed by atoms with Crippen LogP contribution < -0.4 is 14.2 Å². The molecular weight excluding hydrogens is 536 g/mol. The molecule has 0 fully saturated rings. The van der Waals surface area contributed by atoms with Crippen molar-refractivity contribution in [2.45, 2.75) is 81.1 Å². The second-order valence-corrected chi connectivity index (χ2v) is 12.7. The van der Waals surface area contributed by atoms with Crippen LogP contribution in [0.15, 0.2) is 42.5 Å². The van der Waals surface area contributed by atoms with Gasteiger partial charge in [-0.2, -0.15) is 0 Å². The highest BCUT2D eigenvalue weighted by atomic mass is 16.7. The Labute approximate surface area is 250 Å². The molecule has 0 radical (unpaired) electrons. The summed E-state index contributed by atoms with van der Waals surface area (Å²) in [5.74, 6) is 0.660. The van der Waals surface area contributed by atoms with Crippen LogP contribution >= 0.6 is 0 Å². The van der Waals surface area contributed by atoms with Crippen molar-refractivity contribution in [3.05, 3.63) is 59.2 Å². The van der Waals surface area contributed by atoms with Gasteiger partial charge in [0.1, 0.15) is 17.2 Å². The third-order valence-electron chi connectivity index (χ3n) is 6.62. The maximum Gasteiger partial charge on any atom is 0.314 e. The zero-order chi connectivity index (χ0) is 31.7. The highest BCUT2D eigenvalue weighted by Gasteiger charge is 2.27. The van der Waals surface area contributed by atoms with Crippen molar-refractivity contribution < 1.29 is 38.1 Å². The van der Waals surface area contributed by atoms with Crippen molar-refractivity contribution in [2.75, 3.05) is 20.2 Å². The van der Waals surface area contributed by atoms with Gasteiger partial charge in [-0.25, -0.2) is 0 Å². The molecule has 0 aliphatic heterocycles. The molecule has 230 valence electrons. The zero-order valence-corrected chi connectivity index (χ0v) is 26.7. The lowest BCUT2D eigenvalue weighted by atomic mass is 9.80. The van der Waals surface area contributed by atoms with Crippen LogP contribution in [0.3, 0.4) is 0 Å². The first-order valence-electron chi connectivity index (χ1n) is 14.2. The molecule has 2 rings (SSSR count). The highest BCUT2D eigenvalue weighted by molar-refractivity contribution is 6.07. The molecule has 2 aromatic carbocycles. The minimum absolute atomic E-state index is 0.200. The molecule has 8 nitrogen and oxygen atoms in total. The van der Waals surface area contributed by atoms with E-state index >= 15 is 0 Å². The van der Waals surface area contributed by atoms with Gasteiger partial charge in [0.2, 0.25) is 13.6 Å². The zero-order valence-electron chi connectivity index (χ0n) is 26.7. The molecule has 0 N–H and O–H groups in total. The van der Waals surface area contributed by atoms with Gasteiger partial charge in [0.25, 0.3) is 0 Å². The van der Waals surface area contributed by atoms with Gasteiger partial charge in [-0.15, -0.1) is 0 Å². The topological polar surface area (TPSA) is 97.4 Å². The van der Waals surface area contributed by atoms with Crippen LogP contribution in [0.4, 0.5) is 0 Å². The van der Waals surface area contributed by atoms with Crippen molar-refractivity contribution in [1.29, 1.82) is 0 Å². The van der Waals surface area contributed by atoms with Crippen LogP contribution in [0.5, 0.6) is 17.2 Å². The van der Waals surface area contributed by atoms with Gasteiger partial charge < -0.3 is 23.7 Å². The minimum atomic E-state index is -0.638. The lowest BCUT2D eigenvalue weighted by molar-refractivity contribution is -0.160. The van der Waals surface area contributed by atoms with Gasteiger partial charge in [0, 0.05) is 22.8 Å². The first-order chi connectivity index (χ1) is 19.5. The first kappa shape index (κ1) is 34.4. The predicted molar refractivity (Wildman–Crippen MR) is 163 cm³/mol. The summed E-state index contributed by atoms with van der Waals surface area (Å²) in [6.07, 6.45) is 4.04. The molecule has 0 aromatic heterocycles. The Morgan fingerprint density at radius 2 is 1.26 bits per heavy atom. The predicted octanol–water partition coefficient (Wildman–Crippen LogP) is 7.52. The molecule has 0 saturated carbocycles. The number of esters is 2. The lowest BCUT2D eigenvalue weighted by Crippen LogP contribution is -2.25. The number of ketones is 1.